The highest BCUT2D eigenvalue weighted by atomic mass is 32.2. The lowest BCUT2D eigenvalue weighted by molar-refractivity contribution is -0.138. The van der Waals surface area contributed by atoms with Crippen molar-refractivity contribution in [3.8, 4) is 0 Å². The van der Waals surface area contributed by atoms with Crippen molar-refractivity contribution in [3.05, 3.63) is 0 Å². The van der Waals surface area contributed by atoms with E-state index in [-0.39, 0.29) is 12.8 Å². The third kappa shape index (κ3) is 5.43. The third-order valence-corrected chi connectivity index (χ3v) is 4.05. The number of hydrogen-bond acceptors (Lipinski definition) is 5. The first-order chi connectivity index (χ1) is 10.6. The average molecular weight is 383 g/mol. The van der Waals surface area contributed by atoms with Crippen molar-refractivity contribution in [2.24, 2.45) is 0 Å². The van der Waals surface area contributed by atoms with Crippen LogP contribution in [-0.2, 0) is 19.0 Å². The summed E-state index contributed by atoms with van der Waals surface area (Å²) in [6.07, 6.45) is -5.03. The molecule has 0 bridgehead atoms. The van der Waals surface area contributed by atoms with E-state index in [1.807, 2.05) is 5.32 Å². The predicted molar refractivity (Wildman–Crippen MR) is 71.8 cm³/mol. The number of alkyl carbamates (subject to hydrolysis) is 1. The number of rotatable bonds is 3. The number of ether oxygens (including phenoxy) is 1. The minimum atomic E-state index is -6.24. The summed E-state index contributed by atoms with van der Waals surface area (Å²) in [5.41, 5.74) is -6.83. The monoisotopic (exact) mass is 383 g/mol. The summed E-state index contributed by atoms with van der Waals surface area (Å²) in [5, 5.41) is 1.96. The predicted octanol–water partition coefficient (Wildman–Crippen LogP) is 2.93. The lowest BCUT2D eigenvalue weighted by Gasteiger charge is -2.37. The van der Waals surface area contributed by atoms with Crippen molar-refractivity contribution in [2.75, 3.05) is 0 Å². The maximum Gasteiger partial charge on any atom is 0.523 e. The molecule has 0 spiro atoms. The van der Waals surface area contributed by atoms with Gasteiger partial charge in [0.1, 0.15) is 5.60 Å². The zero-order valence-corrected chi connectivity index (χ0v) is 13.9. The Morgan fingerprint density at radius 1 is 1.21 bits per heavy atom. The van der Waals surface area contributed by atoms with Crippen LogP contribution in [0.1, 0.15) is 40.0 Å². The smallest absolute Gasteiger partial charge is 0.444 e. The summed E-state index contributed by atoms with van der Waals surface area (Å²) < 4.78 is 95.5. The molecule has 0 aliphatic heterocycles. The summed E-state index contributed by atoms with van der Waals surface area (Å²) in [7, 11) is -6.24. The second-order valence-corrected chi connectivity index (χ2v) is 7.89. The highest BCUT2D eigenvalue weighted by molar-refractivity contribution is 7.87. The van der Waals surface area contributed by atoms with Gasteiger partial charge in [0, 0.05) is 6.42 Å². The molecule has 1 fully saturated rings. The molecule has 1 N–H and O–H groups in total. The number of alkyl halides is 5. The average Bonchev–Trinajstić information content (AvgIpc) is 2.29. The first-order valence-corrected chi connectivity index (χ1v) is 8.33. The molecule has 142 valence electrons. The molecule has 6 nitrogen and oxygen atoms in total. The molecule has 0 aromatic heterocycles. The van der Waals surface area contributed by atoms with E-state index < -0.39 is 51.8 Å². The van der Waals surface area contributed by atoms with Gasteiger partial charge in [0.15, 0.2) is 6.10 Å². The van der Waals surface area contributed by atoms with Crippen LogP contribution in [0.3, 0.4) is 0 Å². The molecule has 1 saturated carbocycles. The Bertz CT molecular complexity index is 569. The van der Waals surface area contributed by atoms with Crippen molar-refractivity contribution in [2.45, 2.75) is 69.2 Å². The minimum absolute atomic E-state index is 0.139. The SMILES string of the molecule is CC(C)(C)OC(=O)NC1CCCC(F)(F)C1OS(=O)(=O)C(F)(F)F. The van der Waals surface area contributed by atoms with Gasteiger partial charge in [0.2, 0.25) is 0 Å². The van der Waals surface area contributed by atoms with Crippen molar-refractivity contribution in [3.63, 3.8) is 0 Å². The number of halogens is 5. The van der Waals surface area contributed by atoms with E-state index in [0.717, 1.165) is 0 Å². The Balaban J connectivity index is 2.99. The molecule has 0 saturated heterocycles. The molecule has 12 heteroatoms. The topological polar surface area (TPSA) is 81.7 Å². The van der Waals surface area contributed by atoms with Gasteiger partial charge >= 0.3 is 21.7 Å². The van der Waals surface area contributed by atoms with Crippen LogP contribution in [0.15, 0.2) is 0 Å². The number of nitrogens with one attached hydrogen (secondary N) is 1. The Hall–Kier alpha value is -1.17. The Morgan fingerprint density at radius 2 is 1.75 bits per heavy atom. The van der Waals surface area contributed by atoms with Crippen LogP contribution < -0.4 is 5.32 Å². The van der Waals surface area contributed by atoms with Gasteiger partial charge in [-0.15, -0.1) is 0 Å². The van der Waals surface area contributed by atoms with Crippen molar-refractivity contribution >= 4 is 16.2 Å². The summed E-state index contributed by atoms with van der Waals surface area (Å²) >= 11 is 0. The maximum atomic E-state index is 13.9. The number of carbonyl (C=O) groups is 1. The van der Waals surface area contributed by atoms with E-state index in [9.17, 15) is 35.2 Å². The van der Waals surface area contributed by atoms with Crippen molar-refractivity contribution in [1.82, 2.24) is 5.32 Å². The van der Waals surface area contributed by atoms with Crippen molar-refractivity contribution in [1.29, 1.82) is 0 Å². The molecular weight excluding hydrogens is 365 g/mol. The summed E-state index contributed by atoms with van der Waals surface area (Å²) in [5.74, 6) is -3.86. The lowest BCUT2D eigenvalue weighted by atomic mass is 9.89. The van der Waals surface area contributed by atoms with E-state index in [2.05, 4.69) is 4.18 Å². The molecule has 0 heterocycles. The van der Waals surface area contributed by atoms with Crippen molar-refractivity contribution < 1.29 is 44.1 Å². The first-order valence-electron chi connectivity index (χ1n) is 6.92. The molecule has 24 heavy (non-hydrogen) atoms. The second kappa shape index (κ2) is 6.62. The molecule has 1 aliphatic rings. The highest BCUT2D eigenvalue weighted by Gasteiger charge is 2.56. The largest absolute Gasteiger partial charge is 0.523 e. The second-order valence-electron chi connectivity index (χ2n) is 6.32. The highest BCUT2D eigenvalue weighted by Crippen LogP contribution is 2.39. The van der Waals surface area contributed by atoms with Crippen LogP contribution in [0, 0.1) is 0 Å². The van der Waals surface area contributed by atoms with Gasteiger partial charge in [0.25, 0.3) is 5.92 Å². The van der Waals surface area contributed by atoms with Gasteiger partial charge in [-0.2, -0.15) is 21.6 Å². The van der Waals surface area contributed by atoms with E-state index in [4.69, 9.17) is 4.74 Å². The molecule has 2 atom stereocenters. The summed E-state index contributed by atoms with van der Waals surface area (Å²) in [4.78, 5) is 11.6. The number of amides is 1. The zero-order valence-electron chi connectivity index (χ0n) is 13.1. The number of hydrogen-bond donors (Lipinski definition) is 1. The van der Waals surface area contributed by atoms with Gasteiger partial charge in [-0.25, -0.2) is 13.6 Å². The Labute approximate surface area is 135 Å². The molecule has 1 rings (SSSR count). The fraction of sp³-hybridized carbons (Fsp3) is 0.917. The Morgan fingerprint density at radius 3 is 2.21 bits per heavy atom. The van der Waals surface area contributed by atoms with E-state index in [1.165, 1.54) is 20.8 Å². The summed E-state index contributed by atoms with van der Waals surface area (Å²) in [6.45, 7) is 4.47. The van der Waals surface area contributed by atoms with Gasteiger partial charge in [-0.05, 0) is 33.6 Å². The fourth-order valence-corrected chi connectivity index (χ4v) is 2.74. The summed E-state index contributed by atoms with van der Waals surface area (Å²) in [6, 6.07) is -1.65. The normalized spacial score (nSPS) is 25.2. The molecule has 1 amide bonds. The Kier molecular flexibility index (Phi) is 5.76. The molecule has 1 aliphatic carbocycles. The van der Waals surface area contributed by atoms with E-state index in [1.54, 1.807) is 0 Å². The van der Waals surface area contributed by atoms with E-state index >= 15 is 0 Å². The molecular formula is C12H18F5NO5S. The van der Waals surface area contributed by atoms with E-state index in [0.29, 0.717) is 0 Å². The molecule has 2 unspecified atom stereocenters. The van der Waals surface area contributed by atoms with Gasteiger partial charge in [-0.1, -0.05) is 0 Å². The number of carbonyl (C=O) groups excluding carboxylic acids is 1. The molecule has 0 aromatic carbocycles. The van der Waals surface area contributed by atoms with Crippen LogP contribution in [0.25, 0.3) is 0 Å². The van der Waals surface area contributed by atoms with Gasteiger partial charge < -0.3 is 10.1 Å². The fourth-order valence-electron chi connectivity index (χ4n) is 2.08. The maximum absolute atomic E-state index is 13.9. The van der Waals surface area contributed by atoms with Crippen LogP contribution in [0.2, 0.25) is 0 Å². The molecule has 0 radical (unpaired) electrons. The standard InChI is InChI=1S/C12H18F5NO5S/c1-10(2,3)22-9(19)18-7-5-4-6-11(13,14)8(7)23-24(20,21)12(15,16)17/h7-8H,4-6H2,1-3H3,(H,18,19). The zero-order chi connectivity index (χ0) is 19.0. The minimum Gasteiger partial charge on any atom is -0.444 e. The van der Waals surface area contributed by atoms with Gasteiger partial charge in [-0.3, -0.25) is 4.18 Å². The van der Waals surface area contributed by atoms with Gasteiger partial charge in [0.05, 0.1) is 6.04 Å². The quantitative estimate of drug-likeness (QED) is 0.460. The van der Waals surface area contributed by atoms with Crippen LogP contribution in [-0.4, -0.2) is 43.7 Å². The van der Waals surface area contributed by atoms with Crippen LogP contribution >= 0.6 is 0 Å². The first kappa shape index (κ1) is 20.9. The van der Waals surface area contributed by atoms with Crippen LogP contribution in [0.5, 0.6) is 0 Å². The third-order valence-electron chi connectivity index (χ3n) is 3.02. The molecule has 0 aromatic rings. The lowest BCUT2D eigenvalue weighted by Crippen LogP contribution is -2.57. The van der Waals surface area contributed by atoms with Crippen LogP contribution in [0.4, 0.5) is 26.7 Å².